The van der Waals surface area contributed by atoms with Crippen LogP contribution < -0.4 is 9.47 Å². The first kappa shape index (κ1) is 43.9. The summed E-state index contributed by atoms with van der Waals surface area (Å²) in [5.41, 5.74) is 4.23. The van der Waals surface area contributed by atoms with E-state index in [1.165, 1.54) is 19.2 Å². The molecule has 7 rings (SSSR count). The number of hydrogen-bond acceptors (Lipinski definition) is 10. The normalized spacial score (nSPS) is 22.9. The molecule has 322 valence electrons. The van der Waals surface area contributed by atoms with Crippen molar-refractivity contribution >= 4 is 17.9 Å². The summed E-state index contributed by atoms with van der Waals surface area (Å²) in [5, 5.41) is 34.0. The van der Waals surface area contributed by atoms with Crippen molar-refractivity contribution in [3.8, 4) is 23.3 Å². The number of nitrogens with zero attached hydrogens (tertiary/aromatic N) is 3. The number of halogens is 1. The molecule has 12 heteroatoms. The first-order valence-corrected chi connectivity index (χ1v) is 21.2. The zero-order valence-electron chi connectivity index (χ0n) is 34.8. The summed E-state index contributed by atoms with van der Waals surface area (Å²) in [7, 11) is 1.49. The summed E-state index contributed by atoms with van der Waals surface area (Å²) in [4.78, 5) is 34.1. The minimum atomic E-state index is -1.54. The summed E-state index contributed by atoms with van der Waals surface area (Å²) in [6.07, 6.45) is 9.12. The van der Waals surface area contributed by atoms with Crippen molar-refractivity contribution in [3.63, 3.8) is 0 Å². The van der Waals surface area contributed by atoms with Crippen molar-refractivity contribution in [1.29, 1.82) is 5.26 Å². The fourth-order valence-electron chi connectivity index (χ4n) is 9.57. The Labute approximate surface area is 361 Å². The number of fused-ring (bicyclic) bond motifs is 2. The molecule has 1 aliphatic heterocycles. The monoisotopic (exact) mass is 841 g/mol. The second-order valence-electron chi connectivity index (χ2n) is 16.0. The van der Waals surface area contributed by atoms with Gasteiger partial charge in [-0.3, -0.25) is 9.59 Å². The van der Waals surface area contributed by atoms with Gasteiger partial charge in [-0.25, -0.2) is 4.39 Å². The van der Waals surface area contributed by atoms with Crippen LogP contribution in [0.4, 0.5) is 4.39 Å². The summed E-state index contributed by atoms with van der Waals surface area (Å²) in [5.74, 6) is -1.65. The van der Waals surface area contributed by atoms with Gasteiger partial charge in [0.25, 0.3) is 5.91 Å². The maximum atomic E-state index is 15.1. The van der Waals surface area contributed by atoms with E-state index in [9.17, 15) is 24.7 Å². The lowest BCUT2D eigenvalue weighted by molar-refractivity contribution is -0.255. The zero-order valence-corrected chi connectivity index (χ0v) is 34.8. The van der Waals surface area contributed by atoms with E-state index < -0.39 is 23.6 Å². The van der Waals surface area contributed by atoms with E-state index in [1.807, 2.05) is 12.1 Å². The summed E-state index contributed by atoms with van der Waals surface area (Å²) < 4.78 is 35.1. The van der Waals surface area contributed by atoms with Crippen LogP contribution in [-0.2, 0) is 16.1 Å². The minimum absolute atomic E-state index is 0.0163. The van der Waals surface area contributed by atoms with Gasteiger partial charge in [-0.1, -0.05) is 54.4 Å². The second kappa shape index (κ2) is 20.2. The van der Waals surface area contributed by atoms with Crippen LogP contribution in [0.5, 0.6) is 17.2 Å². The molecule has 0 saturated heterocycles. The number of aldehydes is 1. The Morgan fingerprint density at radius 1 is 1.00 bits per heavy atom. The van der Waals surface area contributed by atoms with Crippen LogP contribution in [0.1, 0.15) is 88.3 Å². The van der Waals surface area contributed by atoms with E-state index >= 15 is 4.79 Å². The Kier molecular flexibility index (Phi) is 14.3. The number of carbonyl (C=O) groups excluding carboxylic acids is 2. The second-order valence-corrected chi connectivity index (χ2v) is 16.0. The molecule has 0 spiro atoms. The van der Waals surface area contributed by atoms with Crippen LogP contribution in [0.15, 0.2) is 120 Å². The van der Waals surface area contributed by atoms with Crippen molar-refractivity contribution in [1.82, 2.24) is 4.90 Å². The molecule has 0 bridgehead atoms. The molecule has 2 aliphatic carbocycles. The van der Waals surface area contributed by atoms with Gasteiger partial charge in [0, 0.05) is 48.8 Å². The molecule has 1 saturated carbocycles. The number of aliphatic hydroxyl groups is 2. The fourth-order valence-corrected chi connectivity index (χ4v) is 9.57. The number of aliphatic hydroxyl groups excluding tert-OH is 2. The molecule has 1 fully saturated rings. The van der Waals surface area contributed by atoms with Gasteiger partial charge in [0.2, 0.25) is 5.79 Å². The highest BCUT2D eigenvalue weighted by Crippen LogP contribution is 2.62. The smallest absolute Gasteiger partial charge is 0.254 e. The lowest BCUT2D eigenvalue weighted by Crippen LogP contribution is -2.70. The lowest BCUT2D eigenvalue weighted by atomic mass is 9.55. The number of allylic oxidation sites excluding steroid dienone is 1. The first-order chi connectivity index (χ1) is 30.3. The third kappa shape index (κ3) is 9.21. The van der Waals surface area contributed by atoms with Gasteiger partial charge in [-0.2, -0.15) is 5.26 Å². The maximum Gasteiger partial charge on any atom is 0.254 e. The van der Waals surface area contributed by atoms with Crippen molar-refractivity contribution in [2.75, 3.05) is 26.9 Å². The van der Waals surface area contributed by atoms with E-state index in [0.717, 1.165) is 43.1 Å². The number of benzene rings is 4. The molecule has 6 atom stereocenters. The van der Waals surface area contributed by atoms with Gasteiger partial charge in [0.15, 0.2) is 0 Å². The molecule has 11 nitrogen and oxygen atoms in total. The molecule has 0 aromatic heterocycles. The standard InChI is InChI=1S/C50H52FN3O8/c1-3-25-60-50-46(54(31-34-15-19-38(51)20-16-34)49(58)36-17-13-33(30-52)14-18-36)29-44(53-59-2)42-27-37(10-4-6-23-55)41(12-5-7-24-56)47(48(42)50)43-28-40(21-22-45(43)62-50)61-39-11-8-9-35(26-39)32-57/h3,8-9,11,13-22,26-28,32,37,41,46-48,55-56H,1,4-7,10,12,23-25,29,31H2,2H3/t37-,41+,46-,47+,48+,50+/m0/s1. The van der Waals surface area contributed by atoms with Crippen LogP contribution in [0.3, 0.4) is 0 Å². The molecule has 0 unspecified atom stereocenters. The zero-order chi connectivity index (χ0) is 43.6. The fraction of sp³-hybridized carbons (Fsp3) is 0.360. The van der Waals surface area contributed by atoms with Crippen LogP contribution in [-0.4, -0.2) is 71.8 Å². The summed E-state index contributed by atoms with van der Waals surface area (Å²) in [6, 6.07) is 26.3. The van der Waals surface area contributed by atoms with Gasteiger partial charge in [0.1, 0.15) is 42.5 Å². The predicted molar refractivity (Wildman–Crippen MR) is 231 cm³/mol. The van der Waals surface area contributed by atoms with Crippen LogP contribution >= 0.6 is 0 Å². The van der Waals surface area contributed by atoms with E-state index in [4.69, 9.17) is 19.0 Å². The molecular formula is C50H52FN3O8. The maximum absolute atomic E-state index is 15.1. The molecule has 1 amide bonds. The summed E-state index contributed by atoms with van der Waals surface area (Å²) >= 11 is 0. The molecule has 1 heterocycles. The molecule has 2 N–H and O–H groups in total. The molecule has 62 heavy (non-hydrogen) atoms. The highest BCUT2D eigenvalue weighted by molar-refractivity contribution is 6.03. The molecule has 0 radical (unpaired) electrons. The Morgan fingerprint density at radius 3 is 2.44 bits per heavy atom. The van der Waals surface area contributed by atoms with Crippen LogP contribution in [0, 0.1) is 34.9 Å². The summed E-state index contributed by atoms with van der Waals surface area (Å²) in [6.45, 7) is 4.23. The highest BCUT2D eigenvalue weighted by atomic mass is 19.1. The number of rotatable bonds is 19. The number of ether oxygens (including phenoxy) is 3. The largest absolute Gasteiger partial charge is 0.459 e. The third-order valence-electron chi connectivity index (χ3n) is 12.2. The first-order valence-electron chi connectivity index (χ1n) is 21.2. The number of carbonyl (C=O) groups is 2. The van der Waals surface area contributed by atoms with E-state index in [2.05, 4.69) is 23.9 Å². The van der Waals surface area contributed by atoms with Crippen LogP contribution in [0.2, 0.25) is 0 Å². The Morgan fingerprint density at radius 2 is 1.74 bits per heavy atom. The van der Waals surface area contributed by atoms with Gasteiger partial charge in [0.05, 0.1) is 29.9 Å². The van der Waals surface area contributed by atoms with Gasteiger partial charge in [-0.05, 0) is 115 Å². The van der Waals surface area contributed by atoms with E-state index in [1.54, 1.807) is 77.7 Å². The van der Waals surface area contributed by atoms with Crippen molar-refractivity contribution in [2.45, 2.75) is 69.2 Å². The van der Waals surface area contributed by atoms with Gasteiger partial charge in [-0.15, -0.1) is 6.58 Å². The molecule has 4 aromatic rings. The van der Waals surface area contributed by atoms with Crippen molar-refractivity contribution in [3.05, 3.63) is 149 Å². The van der Waals surface area contributed by atoms with Crippen molar-refractivity contribution < 1.29 is 43.2 Å². The van der Waals surface area contributed by atoms with Gasteiger partial charge < -0.3 is 34.2 Å². The Hall–Kier alpha value is -6.13. The van der Waals surface area contributed by atoms with Crippen LogP contribution in [0.25, 0.3) is 0 Å². The number of nitriles is 1. The third-order valence-corrected chi connectivity index (χ3v) is 12.2. The Balaban J connectivity index is 1.46. The van der Waals surface area contributed by atoms with Gasteiger partial charge >= 0.3 is 0 Å². The van der Waals surface area contributed by atoms with E-state index in [0.29, 0.717) is 58.1 Å². The quantitative estimate of drug-likeness (QED) is 0.0408. The predicted octanol–water partition coefficient (Wildman–Crippen LogP) is 8.91. The Bertz CT molecular complexity index is 2320. The van der Waals surface area contributed by atoms with E-state index in [-0.39, 0.29) is 56.4 Å². The SMILES string of the molecule is C=CCO[C@@]12Oc3ccc(Oc4cccc(C=O)c4)cc3[C@H]3[C@H](CCCCO)[C@@H](CCCCO)C=C(C(=NOC)C[C@@H]1N(Cc1ccc(F)cc1)C(=O)c1ccc(C#N)cc1)[C@H]32. The topological polar surface area (TPSA) is 151 Å². The number of amides is 1. The molecule has 3 aliphatic rings. The van der Waals surface area contributed by atoms with Crippen molar-refractivity contribution in [2.24, 2.45) is 22.9 Å². The lowest BCUT2D eigenvalue weighted by Gasteiger charge is -2.60. The molecule has 4 aromatic carbocycles. The average molecular weight is 842 g/mol. The average Bonchev–Trinajstić information content (AvgIpc) is 3.29. The minimum Gasteiger partial charge on any atom is -0.459 e. The number of oxime groups is 1. The molecular weight excluding hydrogens is 790 g/mol. The highest BCUT2D eigenvalue weighted by Gasteiger charge is 2.65. The number of hydrogen-bond donors (Lipinski definition) is 2. The number of unbranched alkanes of at least 4 members (excludes halogenated alkanes) is 2.